The minimum atomic E-state index is -0.573. The molecule has 0 saturated carbocycles. The number of nitrogens with one attached hydrogen (secondary N) is 3. The maximum atomic E-state index is 13.7. The molecule has 0 aliphatic carbocycles. The van der Waals surface area contributed by atoms with Crippen molar-refractivity contribution in [3.63, 3.8) is 0 Å². The molecule has 1 aromatic heterocycles. The summed E-state index contributed by atoms with van der Waals surface area (Å²) < 4.78 is 13.7. The van der Waals surface area contributed by atoms with Crippen LogP contribution in [0.1, 0.15) is 18.3 Å². The number of carbonyl (C=O) groups excluding carboxylic acids is 2. The third kappa shape index (κ3) is 4.13. The molecule has 7 heteroatoms. The summed E-state index contributed by atoms with van der Waals surface area (Å²) in [7, 11) is 0. The molecule has 1 heterocycles. The van der Waals surface area contributed by atoms with Gasteiger partial charge in [-0.05, 0) is 31.2 Å². The number of nitrogens with zero attached hydrogens (tertiary/aromatic N) is 1. The fraction of sp³-hybridized carbons (Fsp3) is 0.214. The highest BCUT2D eigenvalue weighted by molar-refractivity contribution is 5.94. The van der Waals surface area contributed by atoms with Gasteiger partial charge >= 0.3 is 0 Å². The molecular weight excluding hydrogens is 275 g/mol. The summed E-state index contributed by atoms with van der Waals surface area (Å²) >= 11 is 0. The Labute approximate surface area is 120 Å². The second kappa shape index (κ2) is 6.17. The summed E-state index contributed by atoms with van der Waals surface area (Å²) in [5.41, 5.74) is 1.84. The average Bonchev–Trinajstić information content (AvgIpc) is 2.78. The number of hydrogen-bond donors (Lipinski definition) is 3. The lowest BCUT2D eigenvalue weighted by Gasteiger charge is -2.08. The molecule has 2 rings (SSSR count). The predicted octanol–water partition coefficient (Wildman–Crippen LogP) is 2.00. The van der Waals surface area contributed by atoms with Crippen LogP contribution in [0.5, 0.6) is 0 Å². The van der Waals surface area contributed by atoms with Gasteiger partial charge in [0, 0.05) is 18.3 Å². The number of rotatable bonds is 4. The van der Waals surface area contributed by atoms with E-state index in [0.717, 1.165) is 5.69 Å². The van der Waals surface area contributed by atoms with Crippen molar-refractivity contribution in [3.05, 3.63) is 41.5 Å². The van der Waals surface area contributed by atoms with E-state index < -0.39 is 5.82 Å². The van der Waals surface area contributed by atoms with Gasteiger partial charge in [-0.15, -0.1) is 0 Å². The number of aryl methyl sites for hydroxylation is 1. The van der Waals surface area contributed by atoms with Crippen molar-refractivity contribution >= 4 is 23.2 Å². The second-order valence-electron chi connectivity index (χ2n) is 4.64. The van der Waals surface area contributed by atoms with Gasteiger partial charge in [0.15, 0.2) is 0 Å². The molecule has 0 unspecified atom stereocenters. The molecule has 0 atom stereocenters. The molecule has 0 saturated heterocycles. The largest absolute Gasteiger partial charge is 0.326 e. The Kier molecular flexibility index (Phi) is 4.32. The van der Waals surface area contributed by atoms with Crippen LogP contribution in [0.2, 0.25) is 0 Å². The van der Waals surface area contributed by atoms with Gasteiger partial charge in [0.1, 0.15) is 5.82 Å². The zero-order chi connectivity index (χ0) is 15.4. The number of anilines is 2. The Morgan fingerprint density at radius 2 is 2.05 bits per heavy atom. The van der Waals surface area contributed by atoms with Gasteiger partial charge in [0.25, 0.3) is 0 Å². The summed E-state index contributed by atoms with van der Waals surface area (Å²) in [4.78, 5) is 22.8. The number of hydrogen-bond acceptors (Lipinski definition) is 3. The Bertz CT molecular complexity index is 681. The Hall–Kier alpha value is -2.70. The highest BCUT2D eigenvalue weighted by atomic mass is 19.1. The van der Waals surface area contributed by atoms with Crippen LogP contribution in [0.3, 0.4) is 0 Å². The molecule has 2 amide bonds. The van der Waals surface area contributed by atoms with Gasteiger partial charge in [0.05, 0.1) is 17.8 Å². The van der Waals surface area contributed by atoms with Crippen LogP contribution in [-0.4, -0.2) is 22.0 Å². The first-order valence-electron chi connectivity index (χ1n) is 6.32. The standard InChI is InChI=1S/C14H15FN4O2/c1-8-5-11(19-18-8)7-14(21)17-13-6-10(16-9(2)20)3-4-12(13)15/h3-6H,7H2,1-2H3,(H,16,20)(H,17,21)(H,18,19). The van der Waals surface area contributed by atoms with E-state index in [1.165, 1.54) is 25.1 Å². The van der Waals surface area contributed by atoms with Crippen molar-refractivity contribution in [3.8, 4) is 0 Å². The van der Waals surface area contributed by atoms with Crippen molar-refractivity contribution in [1.82, 2.24) is 10.2 Å². The molecule has 6 nitrogen and oxygen atoms in total. The normalized spacial score (nSPS) is 10.2. The van der Waals surface area contributed by atoms with Crippen molar-refractivity contribution < 1.29 is 14.0 Å². The van der Waals surface area contributed by atoms with Crippen LogP contribution in [0.15, 0.2) is 24.3 Å². The lowest BCUT2D eigenvalue weighted by Crippen LogP contribution is -2.16. The molecule has 0 aliphatic heterocycles. The van der Waals surface area contributed by atoms with E-state index in [4.69, 9.17) is 0 Å². The number of H-pyrrole nitrogens is 1. The Balaban J connectivity index is 2.07. The van der Waals surface area contributed by atoms with Crippen molar-refractivity contribution in [2.24, 2.45) is 0 Å². The summed E-state index contributed by atoms with van der Waals surface area (Å²) in [6.45, 7) is 3.17. The zero-order valence-corrected chi connectivity index (χ0v) is 11.7. The molecule has 1 aromatic carbocycles. The van der Waals surface area contributed by atoms with Crippen molar-refractivity contribution in [1.29, 1.82) is 0 Å². The molecule has 110 valence electrons. The molecule has 0 spiro atoms. The minimum Gasteiger partial charge on any atom is -0.326 e. The van der Waals surface area contributed by atoms with E-state index in [-0.39, 0.29) is 23.9 Å². The SMILES string of the molecule is CC(=O)Nc1ccc(F)c(NC(=O)Cc2cc(C)[nH]n2)c1. The van der Waals surface area contributed by atoms with Crippen molar-refractivity contribution in [2.75, 3.05) is 10.6 Å². The summed E-state index contributed by atoms with van der Waals surface area (Å²) in [5.74, 6) is -1.23. The highest BCUT2D eigenvalue weighted by Gasteiger charge is 2.10. The maximum Gasteiger partial charge on any atom is 0.230 e. The average molecular weight is 290 g/mol. The van der Waals surface area contributed by atoms with Gasteiger partial charge in [-0.3, -0.25) is 14.7 Å². The lowest BCUT2D eigenvalue weighted by molar-refractivity contribution is -0.116. The molecule has 21 heavy (non-hydrogen) atoms. The first-order valence-corrected chi connectivity index (χ1v) is 6.32. The van der Waals surface area contributed by atoms with Crippen LogP contribution in [0, 0.1) is 12.7 Å². The van der Waals surface area contributed by atoms with Gasteiger partial charge in [-0.2, -0.15) is 5.10 Å². The maximum absolute atomic E-state index is 13.7. The number of aromatic nitrogens is 2. The van der Waals surface area contributed by atoms with Gasteiger partial charge in [0.2, 0.25) is 11.8 Å². The minimum absolute atomic E-state index is 0.0125. The fourth-order valence-electron chi connectivity index (χ4n) is 1.83. The van der Waals surface area contributed by atoms with E-state index in [9.17, 15) is 14.0 Å². The Morgan fingerprint density at radius 3 is 2.67 bits per heavy atom. The number of benzene rings is 1. The van der Waals surface area contributed by atoms with Gasteiger partial charge in [-0.25, -0.2) is 4.39 Å². The van der Waals surface area contributed by atoms with Gasteiger partial charge in [-0.1, -0.05) is 0 Å². The van der Waals surface area contributed by atoms with E-state index in [1.54, 1.807) is 6.07 Å². The van der Waals surface area contributed by atoms with E-state index in [2.05, 4.69) is 20.8 Å². The first-order chi connectivity index (χ1) is 9.94. The van der Waals surface area contributed by atoms with Gasteiger partial charge < -0.3 is 10.6 Å². The summed E-state index contributed by atoms with van der Waals surface area (Å²) in [6.07, 6.45) is 0.0359. The molecule has 3 N–H and O–H groups in total. The highest BCUT2D eigenvalue weighted by Crippen LogP contribution is 2.20. The molecule has 0 radical (unpaired) electrons. The topological polar surface area (TPSA) is 86.9 Å². The van der Waals surface area contributed by atoms with Crippen LogP contribution in [0.25, 0.3) is 0 Å². The molecule has 0 bridgehead atoms. The lowest BCUT2D eigenvalue weighted by atomic mass is 10.2. The van der Waals surface area contributed by atoms with E-state index in [0.29, 0.717) is 11.4 Å². The number of carbonyl (C=O) groups is 2. The molecular formula is C14H15FN4O2. The molecule has 0 fully saturated rings. The first kappa shape index (κ1) is 14.7. The Morgan fingerprint density at radius 1 is 1.29 bits per heavy atom. The fourth-order valence-corrected chi connectivity index (χ4v) is 1.83. The summed E-state index contributed by atoms with van der Waals surface area (Å²) in [6, 6.07) is 5.71. The predicted molar refractivity (Wildman–Crippen MR) is 76.4 cm³/mol. The van der Waals surface area contributed by atoms with Crippen LogP contribution in [-0.2, 0) is 16.0 Å². The number of amides is 2. The molecule has 0 aliphatic rings. The third-order valence-electron chi connectivity index (χ3n) is 2.66. The molecule has 2 aromatic rings. The number of aromatic amines is 1. The van der Waals surface area contributed by atoms with E-state index >= 15 is 0 Å². The second-order valence-corrected chi connectivity index (χ2v) is 4.64. The van der Waals surface area contributed by atoms with Crippen LogP contribution >= 0.6 is 0 Å². The van der Waals surface area contributed by atoms with Crippen LogP contribution < -0.4 is 10.6 Å². The number of halogens is 1. The third-order valence-corrected chi connectivity index (χ3v) is 2.66. The van der Waals surface area contributed by atoms with Crippen molar-refractivity contribution in [2.45, 2.75) is 20.3 Å². The monoisotopic (exact) mass is 290 g/mol. The quantitative estimate of drug-likeness (QED) is 0.805. The van der Waals surface area contributed by atoms with Crippen LogP contribution in [0.4, 0.5) is 15.8 Å². The smallest absolute Gasteiger partial charge is 0.230 e. The van der Waals surface area contributed by atoms with E-state index in [1.807, 2.05) is 6.92 Å². The summed E-state index contributed by atoms with van der Waals surface area (Å²) in [5, 5.41) is 11.7. The zero-order valence-electron chi connectivity index (χ0n) is 11.7.